The Kier molecular flexibility index (Phi) is 8.18. The Balaban J connectivity index is 0.00000272. The van der Waals surface area contributed by atoms with E-state index < -0.39 is 29.2 Å². The second kappa shape index (κ2) is 10.5. The van der Waals surface area contributed by atoms with Gasteiger partial charge in [-0.05, 0) is 23.5 Å². The summed E-state index contributed by atoms with van der Waals surface area (Å²) in [6.45, 7) is 0. The van der Waals surface area contributed by atoms with Gasteiger partial charge in [0, 0.05) is 22.5 Å². The number of aromatic nitrogens is 3. The summed E-state index contributed by atoms with van der Waals surface area (Å²) in [5.74, 6) is -1.38. The van der Waals surface area contributed by atoms with Gasteiger partial charge in [0.25, 0.3) is 5.91 Å². The number of thiazole rings is 1. The van der Waals surface area contributed by atoms with Crippen molar-refractivity contribution in [2.75, 3.05) is 17.2 Å². The summed E-state index contributed by atoms with van der Waals surface area (Å²) in [4.78, 5) is 33.2. The normalized spacial score (nSPS) is 21.1. The summed E-state index contributed by atoms with van der Waals surface area (Å²) in [6, 6.07) is -0.928. The third-order valence-corrected chi connectivity index (χ3v) is 7.78. The van der Waals surface area contributed by atoms with Crippen molar-refractivity contribution >= 4 is 74.9 Å². The number of aliphatic carboxylic acids is 1. The molecule has 0 unspecified atom stereocenters. The van der Waals surface area contributed by atoms with Crippen LogP contribution in [0.25, 0.3) is 5.57 Å². The second-order valence-corrected chi connectivity index (χ2v) is 10.1. The third-order valence-electron chi connectivity index (χ3n) is 4.18. The number of nitrogens with zero attached hydrogens (tertiary/aromatic N) is 5. The van der Waals surface area contributed by atoms with Crippen molar-refractivity contribution in [3.05, 3.63) is 35.1 Å². The number of hydrogen-bond donors (Lipinski definition) is 2. The Hall–Kier alpha value is -1.42. The van der Waals surface area contributed by atoms with Crippen LogP contribution in [0.5, 0.6) is 0 Å². The number of carboxylic acid groups (broad SMARTS) is 1. The van der Waals surface area contributed by atoms with E-state index in [-0.39, 0.29) is 40.8 Å². The molecule has 0 aliphatic carbocycles. The Morgan fingerprint density at radius 1 is 1.52 bits per heavy atom. The number of hydrogen-bond acceptors (Lipinski definition) is 12. The molecule has 1 amide bonds. The fourth-order valence-electron chi connectivity index (χ4n) is 2.84. The molecule has 0 aromatic carbocycles. The Labute approximate surface area is 215 Å². The summed E-state index contributed by atoms with van der Waals surface area (Å²) in [5.41, 5.74) is 6.27. The molecule has 0 bridgehead atoms. The summed E-state index contributed by atoms with van der Waals surface area (Å²) in [7, 11) is 0. The molecule has 10 nitrogen and oxygen atoms in total. The SMILES string of the molecule is Nc1nc(/C(=C/CSc2cnns2)C([O-])=N[C@@H]2C(=O)N3C(C(=O)O)=CCS[C@H]23)cs1.[Na+]. The van der Waals surface area contributed by atoms with Crippen LogP contribution >= 0.6 is 46.4 Å². The Bertz CT molecular complexity index is 1070. The van der Waals surface area contributed by atoms with Crippen LogP contribution in [0, 0.1) is 0 Å². The van der Waals surface area contributed by atoms with Gasteiger partial charge in [-0.25, -0.2) is 9.78 Å². The Morgan fingerprint density at radius 3 is 2.97 bits per heavy atom. The quantitative estimate of drug-likeness (QED) is 0.139. The van der Waals surface area contributed by atoms with Gasteiger partial charge in [0.05, 0.1) is 11.9 Å². The number of β-lactam (4-membered cyclic amide) rings is 1. The third kappa shape index (κ3) is 5.16. The molecular weight excluding hydrogens is 491 g/mol. The largest absolute Gasteiger partial charge is 1.00 e. The minimum absolute atomic E-state index is 0. The van der Waals surface area contributed by atoms with Crippen LogP contribution in [-0.4, -0.2) is 65.3 Å². The molecule has 31 heavy (non-hydrogen) atoms. The summed E-state index contributed by atoms with van der Waals surface area (Å²) >= 11 is 5.26. The maximum atomic E-state index is 12.9. The molecule has 2 aromatic rings. The first kappa shape index (κ1) is 24.2. The van der Waals surface area contributed by atoms with Crippen LogP contribution in [0.3, 0.4) is 0 Å². The molecule has 0 saturated carbocycles. The molecule has 0 radical (unpaired) electrons. The van der Waals surface area contributed by atoms with Crippen molar-refractivity contribution in [2.24, 2.45) is 4.99 Å². The molecule has 1 saturated heterocycles. The van der Waals surface area contributed by atoms with Gasteiger partial charge in [0.1, 0.15) is 15.3 Å². The van der Waals surface area contributed by atoms with Gasteiger partial charge in [-0.1, -0.05) is 10.6 Å². The van der Waals surface area contributed by atoms with E-state index in [1.165, 1.54) is 57.4 Å². The predicted octanol–water partition coefficient (Wildman–Crippen LogP) is -2.23. The van der Waals surface area contributed by atoms with Crippen LogP contribution in [0.15, 0.2) is 38.6 Å². The number of amides is 1. The van der Waals surface area contributed by atoms with Crippen molar-refractivity contribution in [1.82, 2.24) is 19.5 Å². The zero-order chi connectivity index (χ0) is 21.3. The molecule has 4 rings (SSSR count). The summed E-state index contributed by atoms with van der Waals surface area (Å²) in [6.07, 6.45) is 4.79. The van der Waals surface area contributed by atoms with E-state index in [0.29, 0.717) is 22.3 Å². The van der Waals surface area contributed by atoms with Gasteiger partial charge >= 0.3 is 35.5 Å². The van der Waals surface area contributed by atoms with Crippen molar-refractivity contribution in [2.45, 2.75) is 15.6 Å². The number of nitrogens with two attached hydrogens (primary N) is 1. The number of carbonyl (C=O) groups excluding carboxylic acids is 1. The van der Waals surface area contributed by atoms with Gasteiger partial charge in [0.15, 0.2) is 11.2 Å². The van der Waals surface area contributed by atoms with E-state index in [2.05, 4.69) is 19.6 Å². The van der Waals surface area contributed by atoms with Crippen molar-refractivity contribution in [1.29, 1.82) is 0 Å². The smallest absolute Gasteiger partial charge is 0.858 e. The molecular formula is C16H13N6NaO4S4. The fourth-order valence-corrected chi connectivity index (χ4v) is 5.90. The van der Waals surface area contributed by atoms with Gasteiger partial charge in [-0.15, -0.1) is 40.0 Å². The van der Waals surface area contributed by atoms with Crippen LogP contribution in [0.2, 0.25) is 0 Å². The average Bonchev–Trinajstić information content (AvgIpc) is 3.40. The zero-order valence-electron chi connectivity index (χ0n) is 16.0. The number of rotatable bonds is 7. The molecule has 1 fully saturated rings. The zero-order valence-corrected chi connectivity index (χ0v) is 21.3. The van der Waals surface area contributed by atoms with Gasteiger partial charge in [0.2, 0.25) is 0 Å². The van der Waals surface area contributed by atoms with E-state index in [4.69, 9.17) is 5.73 Å². The Morgan fingerprint density at radius 2 is 2.32 bits per heavy atom. The van der Waals surface area contributed by atoms with E-state index in [1.54, 1.807) is 17.7 Å². The molecule has 156 valence electrons. The number of aliphatic imine (C=N–C) groups is 1. The van der Waals surface area contributed by atoms with Crippen LogP contribution in [0.4, 0.5) is 5.13 Å². The first-order chi connectivity index (χ1) is 14.5. The first-order valence-electron chi connectivity index (χ1n) is 8.40. The minimum Gasteiger partial charge on any atom is -0.858 e. The number of thioether (sulfide) groups is 2. The van der Waals surface area contributed by atoms with Crippen LogP contribution in [-0.2, 0) is 9.59 Å². The number of fused-ring (bicyclic) bond motifs is 1. The van der Waals surface area contributed by atoms with E-state index in [9.17, 15) is 19.8 Å². The fraction of sp³-hybridized carbons (Fsp3) is 0.250. The van der Waals surface area contributed by atoms with E-state index in [1.807, 2.05) is 0 Å². The number of nitrogen functional groups attached to an aromatic ring is 1. The summed E-state index contributed by atoms with van der Waals surface area (Å²) in [5, 5.41) is 27.4. The molecule has 2 aromatic heterocycles. The maximum Gasteiger partial charge on any atom is 1.00 e. The van der Waals surface area contributed by atoms with Gasteiger partial charge < -0.3 is 15.9 Å². The van der Waals surface area contributed by atoms with Crippen LogP contribution in [0.1, 0.15) is 5.69 Å². The first-order valence-corrected chi connectivity index (χ1v) is 12.1. The van der Waals surface area contributed by atoms with Gasteiger partial charge in [-0.2, -0.15) is 0 Å². The van der Waals surface area contributed by atoms with Crippen molar-refractivity contribution in [3.63, 3.8) is 0 Å². The molecule has 15 heteroatoms. The topological polar surface area (TPSA) is 158 Å². The minimum atomic E-state index is -1.17. The standard InChI is InChI=1S/C16H14N6O4S4.Na/c17-16-19-8(6-29-16)7(1-3-27-10-5-18-21-30-10)12(23)20-11-13(24)22-9(15(25)26)2-4-28-14(11)22;/h1-2,5-6,11,14H,3-4H2,(H2,17,19)(H,20,23)(H,25,26);/q;+1/p-1/b7-1-;/t11-,14-;/m1./s1. The van der Waals surface area contributed by atoms with E-state index >= 15 is 0 Å². The van der Waals surface area contributed by atoms with Crippen molar-refractivity contribution < 1.29 is 49.4 Å². The van der Waals surface area contributed by atoms with Crippen LogP contribution < -0.4 is 40.4 Å². The predicted molar refractivity (Wildman–Crippen MR) is 115 cm³/mol. The summed E-state index contributed by atoms with van der Waals surface area (Å²) < 4.78 is 4.68. The molecule has 3 N–H and O–H groups in total. The van der Waals surface area contributed by atoms with E-state index in [0.717, 1.165) is 4.21 Å². The molecule has 2 aliphatic rings. The number of carbonyl (C=O) groups is 2. The number of anilines is 1. The second-order valence-electron chi connectivity index (χ2n) is 5.94. The number of carboxylic acids is 1. The maximum absolute atomic E-state index is 12.9. The molecule has 2 atom stereocenters. The average molecular weight is 505 g/mol. The van der Waals surface area contributed by atoms with Gasteiger partial charge in [-0.3, -0.25) is 14.7 Å². The molecule has 4 heterocycles. The monoisotopic (exact) mass is 504 g/mol. The molecule has 0 spiro atoms. The van der Waals surface area contributed by atoms with Crippen molar-refractivity contribution in [3.8, 4) is 0 Å². The molecule has 2 aliphatic heterocycles.